The van der Waals surface area contributed by atoms with Gasteiger partial charge >= 0.3 is 0 Å². The van der Waals surface area contributed by atoms with Gasteiger partial charge in [-0.05, 0) is 44.9 Å². The second-order valence-electron chi connectivity index (χ2n) is 7.20. The van der Waals surface area contributed by atoms with Gasteiger partial charge < -0.3 is 15.4 Å². The van der Waals surface area contributed by atoms with E-state index in [9.17, 15) is 18.0 Å². The standard InChI is InChI=1S/C19H29N3O5S/c1-13(2)21-18(23)10-11-20-19(24)14-8-9-16(27-3)17(12-14)28(25,26)22-15-6-4-5-7-15/h8-9,12-13,15,22H,4-7,10-11H2,1-3H3,(H,20,24)(H,21,23). The molecule has 28 heavy (non-hydrogen) atoms. The largest absolute Gasteiger partial charge is 0.495 e. The predicted octanol–water partition coefficient (Wildman–Crippen LogP) is 1.56. The molecule has 1 aliphatic carbocycles. The normalized spacial score (nSPS) is 14.9. The SMILES string of the molecule is COc1ccc(C(=O)NCCC(=O)NC(C)C)cc1S(=O)(=O)NC1CCCC1. The number of carbonyl (C=O) groups is 2. The fourth-order valence-corrected chi connectivity index (χ4v) is 4.64. The summed E-state index contributed by atoms with van der Waals surface area (Å²) >= 11 is 0. The van der Waals surface area contributed by atoms with E-state index < -0.39 is 15.9 Å². The molecule has 2 rings (SSSR count). The van der Waals surface area contributed by atoms with Crippen LogP contribution in [0.3, 0.4) is 0 Å². The Kier molecular flexibility index (Phi) is 7.82. The topological polar surface area (TPSA) is 114 Å². The average Bonchev–Trinajstić information content (AvgIpc) is 3.12. The number of hydrogen-bond acceptors (Lipinski definition) is 5. The summed E-state index contributed by atoms with van der Waals surface area (Å²) in [6, 6.07) is 4.21. The lowest BCUT2D eigenvalue weighted by atomic mass is 10.2. The van der Waals surface area contributed by atoms with Gasteiger partial charge in [-0.25, -0.2) is 13.1 Å². The number of hydrogen-bond donors (Lipinski definition) is 3. The smallest absolute Gasteiger partial charge is 0.251 e. The first kappa shape index (κ1) is 22.2. The molecule has 0 radical (unpaired) electrons. The number of amides is 2. The van der Waals surface area contributed by atoms with Crippen LogP contribution in [0, 0.1) is 0 Å². The van der Waals surface area contributed by atoms with Crippen LogP contribution in [-0.4, -0.2) is 46.0 Å². The second-order valence-corrected chi connectivity index (χ2v) is 8.88. The molecule has 156 valence electrons. The van der Waals surface area contributed by atoms with Gasteiger partial charge in [0.2, 0.25) is 15.9 Å². The summed E-state index contributed by atoms with van der Waals surface area (Å²) in [5, 5.41) is 5.38. The Labute approximate surface area is 166 Å². The molecule has 1 aromatic carbocycles. The number of nitrogens with one attached hydrogen (secondary N) is 3. The molecule has 0 aliphatic heterocycles. The Morgan fingerprint density at radius 1 is 1.21 bits per heavy atom. The van der Waals surface area contributed by atoms with Crippen molar-refractivity contribution in [3.05, 3.63) is 23.8 Å². The van der Waals surface area contributed by atoms with E-state index in [-0.39, 0.29) is 47.2 Å². The van der Waals surface area contributed by atoms with Crippen LogP contribution < -0.4 is 20.1 Å². The molecule has 0 bridgehead atoms. The molecule has 0 unspecified atom stereocenters. The van der Waals surface area contributed by atoms with Gasteiger partial charge in [0.05, 0.1) is 7.11 Å². The Morgan fingerprint density at radius 3 is 2.50 bits per heavy atom. The van der Waals surface area contributed by atoms with Gasteiger partial charge in [0.15, 0.2) is 0 Å². The van der Waals surface area contributed by atoms with Crippen molar-refractivity contribution in [2.45, 2.75) is 62.9 Å². The highest BCUT2D eigenvalue weighted by atomic mass is 32.2. The molecule has 0 saturated heterocycles. The maximum Gasteiger partial charge on any atom is 0.251 e. The lowest BCUT2D eigenvalue weighted by Gasteiger charge is -2.16. The van der Waals surface area contributed by atoms with E-state index in [0.717, 1.165) is 25.7 Å². The molecule has 1 saturated carbocycles. The highest BCUT2D eigenvalue weighted by Gasteiger charge is 2.26. The molecular weight excluding hydrogens is 382 g/mol. The van der Waals surface area contributed by atoms with Crippen LogP contribution in [-0.2, 0) is 14.8 Å². The van der Waals surface area contributed by atoms with E-state index in [0.29, 0.717) is 0 Å². The maximum absolute atomic E-state index is 12.8. The lowest BCUT2D eigenvalue weighted by molar-refractivity contribution is -0.121. The number of methoxy groups -OCH3 is 1. The van der Waals surface area contributed by atoms with Crippen LogP contribution in [0.5, 0.6) is 5.75 Å². The van der Waals surface area contributed by atoms with Crippen LogP contribution in [0.1, 0.15) is 56.3 Å². The molecule has 8 nitrogen and oxygen atoms in total. The molecule has 1 aliphatic rings. The quantitative estimate of drug-likeness (QED) is 0.571. The van der Waals surface area contributed by atoms with Crippen molar-refractivity contribution in [3.8, 4) is 5.75 Å². The fourth-order valence-electron chi connectivity index (χ4n) is 3.14. The minimum atomic E-state index is -3.81. The third kappa shape index (κ3) is 6.20. The molecule has 0 aromatic heterocycles. The third-order valence-corrected chi connectivity index (χ3v) is 6.02. The lowest BCUT2D eigenvalue weighted by Crippen LogP contribution is -2.34. The summed E-state index contributed by atoms with van der Waals surface area (Å²) in [5.41, 5.74) is 0.192. The number of rotatable bonds is 9. The van der Waals surface area contributed by atoms with E-state index in [4.69, 9.17) is 4.74 Å². The monoisotopic (exact) mass is 411 g/mol. The molecule has 0 atom stereocenters. The van der Waals surface area contributed by atoms with Crippen molar-refractivity contribution in [3.63, 3.8) is 0 Å². The molecule has 0 spiro atoms. The first-order chi connectivity index (χ1) is 13.2. The van der Waals surface area contributed by atoms with Crippen molar-refractivity contribution in [2.24, 2.45) is 0 Å². The van der Waals surface area contributed by atoms with Gasteiger partial charge in [-0.1, -0.05) is 12.8 Å². The number of benzene rings is 1. The van der Waals surface area contributed by atoms with Crippen molar-refractivity contribution < 1.29 is 22.7 Å². The van der Waals surface area contributed by atoms with E-state index in [1.165, 1.54) is 25.3 Å². The zero-order valence-corrected chi connectivity index (χ0v) is 17.4. The number of ether oxygens (including phenoxy) is 1. The van der Waals surface area contributed by atoms with Gasteiger partial charge in [-0.3, -0.25) is 9.59 Å². The Bertz CT molecular complexity index is 802. The molecule has 1 aromatic rings. The first-order valence-corrected chi connectivity index (χ1v) is 11.0. The maximum atomic E-state index is 12.8. The molecule has 0 heterocycles. The Morgan fingerprint density at radius 2 is 1.89 bits per heavy atom. The van der Waals surface area contributed by atoms with E-state index >= 15 is 0 Å². The van der Waals surface area contributed by atoms with Crippen molar-refractivity contribution in [2.75, 3.05) is 13.7 Å². The molecule has 9 heteroatoms. The van der Waals surface area contributed by atoms with Gasteiger partial charge in [-0.2, -0.15) is 0 Å². The van der Waals surface area contributed by atoms with Crippen LogP contribution in [0.15, 0.2) is 23.1 Å². The fraction of sp³-hybridized carbons (Fsp3) is 0.579. The third-order valence-electron chi connectivity index (χ3n) is 4.48. The predicted molar refractivity (Wildman–Crippen MR) is 106 cm³/mol. The summed E-state index contributed by atoms with van der Waals surface area (Å²) in [5.74, 6) is -0.426. The van der Waals surface area contributed by atoms with Crippen molar-refractivity contribution in [1.82, 2.24) is 15.4 Å². The minimum Gasteiger partial charge on any atom is -0.495 e. The number of carbonyl (C=O) groups excluding carboxylic acids is 2. The second kappa shape index (κ2) is 9.88. The first-order valence-electron chi connectivity index (χ1n) is 9.51. The van der Waals surface area contributed by atoms with Gasteiger partial charge in [0.1, 0.15) is 10.6 Å². The van der Waals surface area contributed by atoms with Gasteiger partial charge in [0, 0.05) is 30.6 Å². The van der Waals surface area contributed by atoms with Crippen LogP contribution >= 0.6 is 0 Å². The summed E-state index contributed by atoms with van der Waals surface area (Å²) < 4.78 is 33.4. The molecular formula is C19H29N3O5S. The minimum absolute atomic E-state index is 0.0323. The van der Waals surface area contributed by atoms with Crippen molar-refractivity contribution >= 4 is 21.8 Å². The van der Waals surface area contributed by atoms with Crippen LogP contribution in [0.2, 0.25) is 0 Å². The summed E-state index contributed by atoms with van der Waals surface area (Å²) in [7, 11) is -2.42. The molecule has 3 N–H and O–H groups in total. The van der Waals surface area contributed by atoms with E-state index in [1.54, 1.807) is 0 Å². The Hall–Kier alpha value is -2.13. The molecule has 1 fully saturated rings. The number of sulfonamides is 1. The highest BCUT2D eigenvalue weighted by molar-refractivity contribution is 7.89. The van der Waals surface area contributed by atoms with Crippen LogP contribution in [0.4, 0.5) is 0 Å². The zero-order valence-electron chi connectivity index (χ0n) is 16.6. The van der Waals surface area contributed by atoms with Crippen molar-refractivity contribution in [1.29, 1.82) is 0 Å². The Balaban J connectivity index is 2.08. The van der Waals surface area contributed by atoms with E-state index in [2.05, 4.69) is 15.4 Å². The van der Waals surface area contributed by atoms with E-state index in [1.807, 2.05) is 13.8 Å². The average molecular weight is 412 g/mol. The zero-order chi connectivity index (χ0) is 20.7. The summed E-state index contributed by atoms with van der Waals surface area (Å²) in [6.45, 7) is 3.87. The summed E-state index contributed by atoms with van der Waals surface area (Å²) in [4.78, 5) is 23.9. The van der Waals surface area contributed by atoms with Gasteiger partial charge in [-0.15, -0.1) is 0 Å². The highest BCUT2D eigenvalue weighted by Crippen LogP contribution is 2.27. The van der Waals surface area contributed by atoms with Gasteiger partial charge in [0.25, 0.3) is 5.91 Å². The summed E-state index contributed by atoms with van der Waals surface area (Å²) in [6.07, 6.45) is 3.75. The molecule has 2 amide bonds. The van der Waals surface area contributed by atoms with Crippen LogP contribution in [0.25, 0.3) is 0 Å².